The zero-order valence-corrected chi connectivity index (χ0v) is 14.7. The Morgan fingerprint density at radius 2 is 2.13 bits per heavy atom. The molecule has 0 aliphatic carbocycles. The number of nitrogens with one attached hydrogen (secondary N) is 2. The molecule has 3 saturated heterocycles. The first-order valence-corrected chi connectivity index (χ1v) is 9.00. The monoisotopic (exact) mass is 329 g/mol. The van der Waals surface area contributed by atoms with E-state index in [0.29, 0.717) is 12.0 Å². The smallest absolute Gasteiger partial charge is 0.166 e. The molecule has 3 aliphatic rings. The van der Waals surface area contributed by atoms with Gasteiger partial charge in [-0.05, 0) is 55.9 Å². The van der Waals surface area contributed by atoms with Gasteiger partial charge in [0.1, 0.15) is 0 Å². The van der Waals surface area contributed by atoms with Crippen LogP contribution in [0.1, 0.15) is 24.0 Å². The molecule has 0 saturated carbocycles. The SMILES string of the molecule is C=C[C@H]1CN2CC[C@H]1C[C@@H]2CNC(=S)NCc1ccc(C)cc1. The highest BCUT2D eigenvalue weighted by Gasteiger charge is 2.38. The van der Waals surface area contributed by atoms with E-state index in [9.17, 15) is 0 Å². The second-order valence-electron chi connectivity index (χ2n) is 6.88. The Morgan fingerprint density at radius 1 is 1.35 bits per heavy atom. The molecule has 0 radical (unpaired) electrons. The summed E-state index contributed by atoms with van der Waals surface area (Å²) in [6.45, 7) is 10.2. The number of aryl methyl sites for hydroxylation is 1. The third-order valence-corrected chi connectivity index (χ3v) is 5.59. The molecule has 4 rings (SSSR count). The number of hydrogen-bond acceptors (Lipinski definition) is 2. The molecule has 3 fully saturated rings. The van der Waals surface area contributed by atoms with Crippen molar-refractivity contribution in [3.05, 3.63) is 48.0 Å². The number of piperidine rings is 3. The van der Waals surface area contributed by atoms with Gasteiger partial charge < -0.3 is 10.6 Å². The van der Waals surface area contributed by atoms with Gasteiger partial charge in [-0.25, -0.2) is 0 Å². The van der Waals surface area contributed by atoms with Gasteiger partial charge in [0.25, 0.3) is 0 Å². The predicted octanol–water partition coefficient (Wildman–Crippen LogP) is 2.86. The first kappa shape index (κ1) is 16.5. The van der Waals surface area contributed by atoms with Gasteiger partial charge in [-0.15, -0.1) is 6.58 Å². The van der Waals surface area contributed by atoms with Crippen molar-refractivity contribution in [2.45, 2.75) is 32.4 Å². The van der Waals surface area contributed by atoms with E-state index in [1.54, 1.807) is 0 Å². The average molecular weight is 330 g/mol. The number of thiocarbonyl (C=S) groups is 1. The Hall–Kier alpha value is -1.39. The number of nitrogens with zero attached hydrogens (tertiary/aromatic N) is 1. The van der Waals surface area contributed by atoms with E-state index in [1.165, 1.54) is 37.1 Å². The van der Waals surface area contributed by atoms with E-state index in [2.05, 4.69) is 59.4 Å². The first-order chi connectivity index (χ1) is 11.2. The minimum atomic E-state index is 0.615. The molecule has 0 aromatic heterocycles. The lowest BCUT2D eigenvalue weighted by atomic mass is 9.76. The normalized spacial score (nSPS) is 29.1. The minimum absolute atomic E-state index is 0.615. The Labute approximate surface area is 145 Å². The molecule has 3 heterocycles. The fourth-order valence-corrected chi connectivity index (χ4v) is 3.98. The second-order valence-corrected chi connectivity index (χ2v) is 7.29. The van der Waals surface area contributed by atoms with Crippen molar-refractivity contribution in [3.8, 4) is 0 Å². The first-order valence-electron chi connectivity index (χ1n) is 8.59. The summed E-state index contributed by atoms with van der Waals surface area (Å²) in [5.41, 5.74) is 2.54. The zero-order chi connectivity index (χ0) is 16.2. The number of fused-ring (bicyclic) bond motifs is 3. The number of benzene rings is 1. The largest absolute Gasteiger partial charge is 0.361 e. The quantitative estimate of drug-likeness (QED) is 0.642. The molecule has 2 N–H and O–H groups in total. The van der Waals surface area contributed by atoms with Crippen LogP contribution < -0.4 is 10.6 Å². The molecule has 4 atom stereocenters. The zero-order valence-electron chi connectivity index (χ0n) is 13.9. The Kier molecular flexibility index (Phi) is 5.34. The van der Waals surface area contributed by atoms with E-state index in [-0.39, 0.29) is 0 Å². The molecule has 1 aromatic rings. The van der Waals surface area contributed by atoms with Gasteiger partial charge in [-0.2, -0.15) is 0 Å². The summed E-state index contributed by atoms with van der Waals surface area (Å²) in [4.78, 5) is 2.60. The lowest BCUT2D eigenvalue weighted by Gasteiger charge is -2.49. The summed E-state index contributed by atoms with van der Waals surface area (Å²) in [5.74, 6) is 1.50. The van der Waals surface area contributed by atoms with Gasteiger partial charge in [0, 0.05) is 25.7 Å². The van der Waals surface area contributed by atoms with Crippen molar-refractivity contribution in [2.75, 3.05) is 19.6 Å². The van der Waals surface area contributed by atoms with Crippen LogP contribution in [0.3, 0.4) is 0 Å². The van der Waals surface area contributed by atoms with Crippen LogP contribution >= 0.6 is 12.2 Å². The van der Waals surface area contributed by atoms with Gasteiger partial charge in [0.15, 0.2) is 5.11 Å². The Balaban J connectivity index is 1.41. The van der Waals surface area contributed by atoms with Gasteiger partial charge in [0.2, 0.25) is 0 Å². The third kappa shape index (κ3) is 4.12. The van der Waals surface area contributed by atoms with Gasteiger partial charge >= 0.3 is 0 Å². The molecule has 23 heavy (non-hydrogen) atoms. The van der Waals surface area contributed by atoms with E-state index >= 15 is 0 Å². The average Bonchev–Trinajstić information content (AvgIpc) is 2.59. The van der Waals surface area contributed by atoms with Crippen molar-refractivity contribution in [1.82, 2.24) is 15.5 Å². The molecule has 4 heteroatoms. The van der Waals surface area contributed by atoms with Crippen LogP contribution in [0.25, 0.3) is 0 Å². The molecule has 3 aliphatic heterocycles. The lowest BCUT2D eigenvalue weighted by molar-refractivity contribution is 0.0215. The molecule has 3 nitrogen and oxygen atoms in total. The molecule has 2 bridgehead atoms. The van der Waals surface area contributed by atoms with Crippen molar-refractivity contribution < 1.29 is 0 Å². The Bertz CT molecular complexity index is 554. The van der Waals surface area contributed by atoms with Crippen LogP contribution in [0, 0.1) is 18.8 Å². The number of rotatable bonds is 5. The molecular formula is C19H27N3S. The minimum Gasteiger partial charge on any atom is -0.361 e. The van der Waals surface area contributed by atoms with Crippen LogP contribution in [0.2, 0.25) is 0 Å². The highest BCUT2D eigenvalue weighted by atomic mass is 32.1. The fourth-order valence-electron chi connectivity index (χ4n) is 3.82. The lowest BCUT2D eigenvalue weighted by Crippen LogP contribution is -2.56. The maximum absolute atomic E-state index is 5.42. The molecular weight excluding hydrogens is 302 g/mol. The standard InChI is InChI=1S/C19H27N3S/c1-3-16-13-22-9-8-17(16)10-18(22)12-21-19(23)20-11-15-6-4-14(2)5-7-15/h3-7,16-18H,1,8-13H2,2H3,(H2,20,21,23)/t16-,17-,18+/m0/s1. The number of hydrogen-bond donors (Lipinski definition) is 2. The van der Waals surface area contributed by atoms with Gasteiger partial charge in [-0.3, -0.25) is 4.90 Å². The molecule has 1 unspecified atom stereocenters. The summed E-state index contributed by atoms with van der Waals surface area (Å²) in [6.07, 6.45) is 4.74. The summed E-state index contributed by atoms with van der Waals surface area (Å²) < 4.78 is 0. The molecule has 0 amide bonds. The van der Waals surface area contributed by atoms with Crippen molar-refractivity contribution >= 4 is 17.3 Å². The highest BCUT2D eigenvalue weighted by molar-refractivity contribution is 7.80. The summed E-state index contributed by atoms with van der Waals surface area (Å²) in [7, 11) is 0. The Morgan fingerprint density at radius 3 is 2.78 bits per heavy atom. The van der Waals surface area contributed by atoms with Crippen LogP contribution in [-0.2, 0) is 6.54 Å². The summed E-state index contributed by atoms with van der Waals surface area (Å²) in [6, 6.07) is 9.17. The summed E-state index contributed by atoms with van der Waals surface area (Å²) >= 11 is 5.42. The van der Waals surface area contributed by atoms with E-state index in [4.69, 9.17) is 12.2 Å². The van der Waals surface area contributed by atoms with Gasteiger partial charge in [-0.1, -0.05) is 35.9 Å². The van der Waals surface area contributed by atoms with Crippen LogP contribution in [0.5, 0.6) is 0 Å². The maximum Gasteiger partial charge on any atom is 0.166 e. The topological polar surface area (TPSA) is 27.3 Å². The van der Waals surface area contributed by atoms with Crippen molar-refractivity contribution in [3.63, 3.8) is 0 Å². The van der Waals surface area contributed by atoms with Crippen molar-refractivity contribution in [2.24, 2.45) is 11.8 Å². The third-order valence-electron chi connectivity index (χ3n) is 5.30. The molecule has 1 aromatic carbocycles. The van der Waals surface area contributed by atoms with Crippen LogP contribution in [-0.4, -0.2) is 35.7 Å². The molecule has 124 valence electrons. The second kappa shape index (κ2) is 7.45. The van der Waals surface area contributed by atoms with E-state index in [1.807, 2.05) is 0 Å². The fraction of sp³-hybridized carbons (Fsp3) is 0.526. The van der Waals surface area contributed by atoms with E-state index in [0.717, 1.165) is 24.1 Å². The van der Waals surface area contributed by atoms with Crippen molar-refractivity contribution in [1.29, 1.82) is 0 Å². The highest BCUT2D eigenvalue weighted by Crippen LogP contribution is 2.36. The predicted molar refractivity (Wildman–Crippen MR) is 100 cm³/mol. The maximum atomic E-state index is 5.42. The van der Waals surface area contributed by atoms with E-state index < -0.39 is 0 Å². The molecule has 0 spiro atoms. The van der Waals surface area contributed by atoms with Crippen LogP contribution in [0.15, 0.2) is 36.9 Å². The van der Waals surface area contributed by atoms with Gasteiger partial charge in [0.05, 0.1) is 0 Å². The van der Waals surface area contributed by atoms with Crippen LogP contribution in [0.4, 0.5) is 0 Å². The summed E-state index contributed by atoms with van der Waals surface area (Å²) in [5, 5.41) is 7.47.